The average molecular weight is 502 g/mol. The number of amides is 2. The number of rotatable bonds is 9. The van der Waals surface area contributed by atoms with Crippen LogP contribution in [0.5, 0.6) is 5.75 Å². The van der Waals surface area contributed by atoms with Gasteiger partial charge in [0.15, 0.2) is 6.61 Å². The lowest BCUT2D eigenvalue weighted by Crippen LogP contribution is -2.50. The van der Waals surface area contributed by atoms with Crippen LogP contribution in [0.4, 0.5) is 0 Å². The second kappa shape index (κ2) is 11.4. The highest BCUT2D eigenvalue weighted by atomic mass is 79.9. The molecule has 0 saturated carbocycles. The van der Waals surface area contributed by atoms with Gasteiger partial charge >= 0.3 is 0 Å². The van der Waals surface area contributed by atoms with Gasteiger partial charge in [-0.2, -0.15) is 0 Å². The number of likely N-dealkylation sites (N-methyl/N-ethyl adjacent to an activating group) is 1. The highest BCUT2D eigenvalue weighted by Gasteiger charge is 2.28. The van der Waals surface area contributed by atoms with E-state index in [9.17, 15) is 9.59 Å². The molecule has 1 atom stereocenters. The molecule has 29 heavy (non-hydrogen) atoms. The highest BCUT2D eigenvalue weighted by molar-refractivity contribution is 9.10. The van der Waals surface area contributed by atoms with Gasteiger partial charge in [-0.25, -0.2) is 0 Å². The van der Waals surface area contributed by atoms with Crippen molar-refractivity contribution in [3.63, 3.8) is 0 Å². The van der Waals surface area contributed by atoms with Crippen LogP contribution in [0.1, 0.15) is 25.8 Å². The first-order valence-corrected chi connectivity index (χ1v) is 10.8. The minimum absolute atomic E-state index is 0.195. The van der Waals surface area contributed by atoms with E-state index in [0.29, 0.717) is 28.8 Å². The number of carbonyl (C=O) groups excluding carboxylic acids is 2. The fourth-order valence-corrected chi connectivity index (χ4v) is 3.67. The molecule has 5 nitrogen and oxygen atoms in total. The molecule has 1 N–H and O–H groups in total. The summed E-state index contributed by atoms with van der Waals surface area (Å²) < 4.78 is 6.44. The summed E-state index contributed by atoms with van der Waals surface area (Å²) in [5, 5.41) is 3.80. The predicted molar refractivity (Wildman–Crippen MR) is 119 cm³/mol. The summed E-state index contributed by atoms with van der Waals surface area (Å²) in [7, 11) is 0. The van der Waals surface area contributed by atoms with Crippen LogP contribution in [0.2, 0.25) is 10.0 Å². The molecule has 0 bridgehead atoms. The highest BCUT2D eigenvalue weighted by Crippen LogP contribution is 2.28. The van der Waals surface area contributed by atoms with E-state index in [1.54, 1.807) is 30.3 Å². The van der Waals surface area contributed by atoms with Gasteiger partial charge in [-0.15, -0.1) is 0 Å². The van der Waals surface area contributed by atoms with E-state index in [4.69, 9.17) is 27.9 Å². The summed E-state index contributed by atoms with van der Waals surface area (Å²) in [4.78, 5) is 27.1. The maximum Gasteiger partial charge on any atom is 0.261 e. The van der Waals surface area contributed by atoms with E-state index in [1.165, 1.54) is 4.90 Å². The number of hydrogen-bond acceptors (Lipinski definition) is 3. The molecule has 0 heterocycles. The van der Waals surface area contributed by atoms with Crippen molar-refractivity contribution in [2.24, 2.45) is 0 Å². The Bertz CT molecular complexity index is 846. The van der Waals surface area contributed by atoms with E-state index >= 15 is 0 Å². The number of carbonyl (C=O) groups is 2. The maximum absolute atomic E-state index is 13.0. The van der Waals surface area contributed by atoms with Crippen molar-refractivity contribution in [3.8, 4) is 5.75 Å². The second-order valence-corrected chi connectivity index (χ2v) is 8.09. The minimum Gasteiger partial charge on any atom is -0.482 e. The smallest absolute Gasteiger partial charge is 0.261 e. The minimum atomic E-state index is -0.609. The Morgan fingerprint density at radius 2 is 1.83 bits per heavy atom. The number of benzene rings is 2. The summed E-state index contributed by atoms with van der Waals surface area (Å²) in [6, 6.07) is 11.7. The van der Waals surface area contributed by atoms with Gasteiger partial charge in [-0.1, -0.05) is 58.2 Å². The topological polar surface area (TPSA) is 58.6 Å². The Morgan fingerprint density at radius 3 is 2.41 bits per heavy atom. The zero-order valence-corrected chi connectivity index (χ0v) is 19.4. The zero-order valence-electron chi connectivity index (χ0n) is 16.3. The molecule has 2 rings (SSSR count). The molecule has 0 aliphatic rings. The molecule has 156 valence electrons. The van der Waals surface area contributed by atoms with Gasteiger partial charge in [0.05, 0.1) is 5.02 Å². The Morgan fingerprint density at radius 1 is 1.14 bits per heavy atom. The molecule has 0 aliphatic heterocycles. The first-order chi connectivity index (χ1) is 13.8. The Hall–Kier alpha value is -1.76. The normalized spacial score (nSPS) is 11.6. The van der Waals surface area contributed by atoms with Crippen LogP contribution < -0.4 is 10.1 Å². The maximum atomic E-state index is 13.0. The van der Waals surface area contributed by atoms with Gasteiger partial charge in [0, 0.05) is 22.6 Å². The molecule has 0 aliphatic carbocycles. The predicted octanol–water partition coefficient (Wildman–Crippen LogP) is 5.08. The molecule has 2 amide bonds. The standard InChI is InChI=1S/C21H23BrCl2N2O3/c1-3-18(21(28)25-4-2)26(12-14-5-8-16(23)9-6-14)20(27)13-29-19-10-7-15(22)11-17(19)24/h5-11,18H,3-4,12-13H2,1-2H3,(H,25,28)/t18-/m1/s1. The summed E-state index contributed by atoms with van der Waals surface area (Å²) in [5.41, 5.74) is 0.868. The van der Waals surface area contributed by atoms with E-state index < -0.39 is 6.04 Å². The van der Waals surface area contributed by atoms with Crippen LogP contribution in [-0.4, -0.2) is 35.9 Å². The largest absolute Gasteiger partial charge is 0.482 e. The summed E-state index contributed by atoms with van der Waals surface area (Å²) in [6.07, 6.45) is 0.476. The zero-order chi connectivity index (χ0) is 21.4. The fourth-order valence-electron chi connectivity index (χ4n) is 2.81. The lowest BCUT2D eigenvalue weighted by molar-refractivity contribution is -0.142. The third-order valence-corrected chi connectivity index (χ3v) is 5.29. The summed E-state index contributed by atoms with van der Waals surface area (Å²) in [5.74, 6) is -0.100. The van der Waals surface area contributed by atoms with Crippen molar-refractivity contribution in [2.45, 2.75) is 32.9 Å². The number of nitrogens with zero attached hydrogens (tertiary/aromatic N) is 1. The van der Waals surface area contributed by atoms with Crippen LogP contribution in [-0.2, 0) is 16.1 Å². The van der Waals surface area contributed by atoms with Crippen molar-refractivity contribution >= 4 is 50.9 Å². The fraction of sp³-hybridized carbons (Fsp3) is 0.333. The van der Waals surface area contributed by atoms with Gasteiger partial charge in [-0.05, 0) is 49.2 Å². The van der Waals surface area contributed by atoms with Crippen molar-refractivity contribution in [1.29, 1.82) is 0 Å². The molecule has 0 fully saturated rings. The molecule has 0 aromatic heterocycles. The average Bonchev–Trinajstić information content (AvgIpc) is 2.68. The van der Waals surface area contributed by atoms with Crippen LogP contribution in [0.15, 0.2) is 46.9 Å². The lowest BCUT2D eigenvalue weighted by atomic mass is 10.1. The third kappa shape index (κ3) is 6.91. The summed E-state index contributed by atoms with van der Waals surface area (Å²) in [6.45, 7) is 4.24. The van der Waals surface area contributed by atoms with Crippen LogP contribution in [0, 0.1) is 0 Å². The first kappa shape index (κ1) is 23.5. The van der Waals surface area contributed by atoms with Crippen molar-refractivity contribution in [1.82, 2.24) is 10.2 Å². The third-order valence-electron chi connectivity index (χ3n) is 4.25. The number of hydrogen-bond donors (Lipinski definition) is 1. The number of nitrogens with one attached hydrogen (secondary N) is 1. The SMILES string of the molecule is CCNC(=O)[C@@H](CC)N(Cc1ccc(Cl)cc1)C(=O)COc1ccc(Br)cc1Cl. The van der Waals surface area contributed by atoms with E-state index in [-0.39, 0.29) is 25.0 Å². The van der Waals surface area contributed by atoms with Gasteiger partial charge in [0.1, 0.15) is 11.8 Å². The number of halogens is 3. The van der Waals surface area contributed by atoms with E-state index in [0.717, 1.165) is 10.0 Å². The molecule has 0 saturated heterocycles. The van der Waals surface area contributed by atoms with Gasteiger partial charge < -0.3 is 15.0 Å². The Kier molecular flexibility index (Phi) is 9.27. The van der Waals surface area contributed by atoms with E-state index in [1.807, 2.05) is 26.0 Å². The molecular formula is C21H23BrCl2N2O3. The Labute approximate surface area is 189 Å². The molecule has 8 heteroatoms. The first-order valence-electron chi connectivity index (χ1n) is 9.25. The second-order valence-electron chi connectivity index (χ2n) is 6.33. The summed E-state index contributed by atoms with van der Waals surface area (Å²) >= 11 is 15.4. The lowest BCUT2D eigenvalue weighted by Gasteiger charge is -2.30. The quantitative estimate of drug-likeness (QED) is 0.521. The van der Waals surface area contributed by atoms with Gasteiger partial charge in [0.25, 0.3) is 5.91 Å². The van der Waals surface area contributed by atoms with Crippen LogP contribution in [0.3, 0.4) is 0 Å². The van der Waals surface area contributed by atoms with E-state index in [2.05, 4.69) is 21.2 Å². The van der Waals surface area contributed by atoms with Crippen LogP contribution in [0.25, 0.3) is 0 Å². The molecule has 0 unspecified atom stereocenters. The molecule has 2 aromatic carbocycles. The monoisotopic (exact) mass is 500 g/mol. The molecule has 0 spiro atoms. The van der Waals surface area contributed by atoms with Gasteiger partial charge in [-0.3, -0.25) is 9.59 Å². The molecule has 2 aromatic rings. The van der Waals surface area contributed by atoms with Crippen molar-refractivity contribution < 1.29 is 14.3 Å². The Balaban J connectivity index is 2.20. The number of ether oxygens (including phenoxy) is 1. The molecular weight excluding hydrogens is 479 g/mol. The molecule has 0 radical (unpaired) electrons. The van der Waals surface area contributed by atoms with Crippen molar-refractivity contribution in [2.75, 3.05) is 13.2 Å². The van der Waals surface area contributed by atoms with Crippen LogP contribution >= 0.6 is 39.1 Å². The van der Waals surface area contributed by atoms with Gasteiger partial charge in [0.2, 0.25) is 5.91 Å². The van der Waals surface area contributed by atoms with Crippen molar-refractivity contribution in [3.05, 3.63) is 62.5 Å².